The van der Waals surface area contributed by atoms with Gasteiger partial charge in [-0.3, -0.25) is 0 Å². The molecule has 2 heteroatoms. The molecule has 0 spiro atoms. The van der Waals surface area contributed by atoms with Gasteiger partial charge in [0.15, 0.2) is 0 Å². The van der Waals surface area contributed by atoms with Crippen LogP contribution in [0, 0.1) is 0 Å². The van der Waals surface area contributed by atoms with Crippen LogP contribution in [0.3, 0.4) is 0 Å². The van der Waals surface area contributed by atoms with E-state index in [1.807, 2.05) is 6.08 Å². The van der Waals surface area contributed by atoms with E-state index in [2.05, 4.69) is 43.3 Å². The zero-order valence-electron chi connectivity index (χ0n) is 10.6. The summed E-state index contributed by atoms with van der Waals surface area (Å²) in [6.07, 6.45) is 8.43. The van der Waals surface area contributed by atoms with E-state index in [1.165, 1.54) is 21.8 Å². The molecule has 92 valence electrons. The van der Waals surface area contributed by atoms with Gasteiger partial charge in [-0.1, -0.05) is 0 Å². The van der Waals surface area contributed by atoms with Crippen molar-refractivity contribution < 1.29 is 4.74 Å². The fraction of sp³-hybridized carbons (Fsp3) is 0.333. The Morgan fingerprint density at radius 1 is 1.29 bits per heavy atom. The van der Waals surface area contributed by atoms with Gasteiger partial charge in [0.2, 0.25) is 0 Å². The van der Waals surface area contributed by atoms with E-state index >= 15 is 0 Å². The van der Waals surface area contributed by atoms with Crippen molar-refractivity contribution in [3.05, 3.63) is 54.3 Å². The van der Waals surface area contributed by atoms with E-state index in [0.29, 0.717) is 15.0 Å². The number of methoxy groups -OCH3 is 1. The van der Waals surface area contributed by atoms with Gasteiger partial charge in [0.05, 0.1) is 0 Å². The molecule has 0 bridgehead atoms. The van der Waals surface area contributed by atoms with E-state index in [4.69, 9.17) is 4.74 Å². The summed E-state index contributed by atoms with van der Waals surface area (Å²) < 4.78 is 6.38. The number of ether oxygens (including phenoxy) is 1. The monoisotopic (exact) mass is 296 g/mol. The van der Waals surface area contributed by atoms with Crippen molar-refractivity contribution in [1.82, 2.24) is 0 Å². The van der Waals surface area contributed by atoms with Gasteiger partial charge in [0.1, 0.15) is 0 Å². The van der Waals surface area contributed by atoms with Crippen molar-refractivity contribution in [2.75, 3.05) is 7.11 Å². The molecular formula is C15H20OSe. The van der Waals surface area contributed by atoms with Crippen LogP contribution >= 0.6 is 0 Å². The Labute approximate surface area is 111 Å². The van der Waals surface area contributed by atoms with Gasteiger partial charge in [-0.2, -0.15) is 0 Å². The first-order valence-corrected chi connectivity index (χ1v) is 7.93. The molecule has 1 aromatic rings. The predicted molar refractivity (Wildman–Crippen MR) is 75.8 cm³/mol. The van der Waals surface area contributed by atoms with Crippen LogP contribution in [-0.2, 0) is 4.74 Å². The summed E-state index contributed by atoms with van der Waals surface area (Å²) in [4.78, 5) is 0. The molecule has 0 aromatic heterocycles. The van der Waals surface area contributed by atoms with Crippen LogP contribution in [0.2, 0.25) is 5.32 Å². The summed E-state index contributed by atoms with van der Waals surface area (Å²) in [6.45, 7) is 2.11. The van der Waals surface area contributed by atoms with Crippen LogP contribution in [0.25, 0.3) is 0 Å². The summed E-state index contributed by atoms with van der Waals surface area (Å²) in [5, 5.41) is 1.31. The van der Waals surface area contributed by atoms with Gasteiger partial charge in [-0.15, -0.1) is 0 Å². The number of benzene rings is 1. The first kappa shape index (κ1) is 14.1. The molecule has 0 aliphatic heterocycles. The number of unbranched alkanes of at least 4 members (excludes halogenated alkanes) is 1. The van der Waals surface area contributed by atoms with Gasteiger partial charge in [-0.25, -0.2) is 0 Å². The third-order valence-electron chi connectivity index (χ3n) is 2.29. The van der Waals surface area contributed by atoms with Crippen LogP contribution in [0.4, 0.5) is 0 Å². The summed E-state index contributed by atoms with van der Waals surface area (Å²) in [7, 11) is 1.67. The van der Waals surface area contributed by atoms with Crippen molar-refractivity contribution in [3.63, 3.8) is 0 Å². The normalized spacial score (nSPS) is 12.0. The quantitative estimate of drug-likeness (QED) is 0.324. The summed E-state index contributed by atoms with van der Waals surface area (Å²) in [6, 6.07) is 10.8. The van der Waals surface area contributed by atoms with E-state index in [-0.39, 0.29) is 0 Å². The van der Waals surface area contributed by atoms with E-state index < -0.39 is 0 Å². The molecule has 0 radical (unpaired) electrons. The molecule has 0 N–H and O–H groups in total. The van der Waals surface area contributed by atoms with E-state index in [0.717, 1.165) is 6.42 Å². The summed E-state index contributed by atoms with van der Waals surface area (Å²) >= 11 is 0.630. The average Bonchev–Trinajstić information content (AvgIpc) is 2.37. The molecule has 0 fully saturated rings. The Balaban J connectivity index is 2.14. The minimum atomic E-state index is 0.630. The van der Waals surface area contributed by atoms with E-state index in [1.54, 1.807) is 13.4 Å². The zero-order valence-corrected chi connectivity index (χ0v) is 12.3. The van der Waals surface area contributed by atoms with Crippen molar-refractivity contribution in [2.24, 2.45) is 0 Å². The standard InChI is InChI=1S/C15H20OSe/c1-14(11-12-16-2)8-6-7-13-17-15-9-4-3-5-10-15/h3-5,8-12H,6-7,13H2,1-2H3/b12-11+,14-8+. The van der Waals surface area contributed by atoms with Crippen LogP contribution in [0.1, 0.15) is 19.8 Å². The molecule has 1 rings (SSSR count). The zero-order chi connectivity index (χ0) is 12.3. The second kappa shape index (κ2) is 9.09. The Morgan fingerprint density at radius 2 is 2.06 bits per heavy atom. The Kier molecular flexibility index (Phi) is 7.53. The average molecular weight is 295 g/mol. The van der Waals surface area contributed by atoms with Crippen LogP contribution < -0.4 is 4.46 Å². The third-order valence-corrected chi connectivity index (χ3v) is 4.60. The maximum atomic E-state index is 4.88. The van der Waals surface area contributed by atoms with Crippen molar-refractivity contribution in [2.45, 2.75) is 25.1 Å². The maximum absolute atomic E-state index is 4.88. The summed E-state index contributed by atoms with van der Waals surface area (Å²) in [5.74, 6) is 0. The second-order valence-corrected chi connectivity index (χ2v) is 6.24. The number of hydrogen-bond acceptors (Lipinski definition) is 1. The van der Waals surface area contributed by atoms with Gasteiger partial charge in [0.25, 0.3) is 0 Å². The molecule has 0 heterocycles. The number of hydrogen-bond donors (Lipinski definition) is 0. The molecule has 0 aliphatic carbocycles. The van der Waals surface area contributed by atoms with Gasteiger partial charge >= 0.3 is 111 Å². The molecule has 1 aromatic carbocycles. The summed E-state index contributed by atoms with van der Waals surface area (Å²) in [5.41, 5.74) is 1.28. The fourth-order valence-corrected chi connectivity index (χ4v) is 3.24. The Bertz CT molecular complexity index is 354. The topological polar surface area (TPSA) is 9.23 Å². The molecule has 0 unspecified atom stereocenters. The van der Waals surface area contributed by atoms with E-state index in [9.17, 15) is 0 Å². The number of rotatable bonds is 7. The predicted octanol–water partition coefficient (Wildman–Crippen LogP) is 3.32. The fourth-order valence-electron chi connectivity index (χ4n) is 1.36. The molecule has 0 amide bonds. The second-order valence-electron chi connectivity index (χ2n) is 3.79. The molecule has 17 heavy (non-hydrogen) atoms. The van der Waals surface area contributed by atoms with Crippen molar-refractivity contribution in [3.8, 4) is 0 Å². The molecular weight excluding hydrogens is 275 g/mol. The number of allylic oxidation sites excluding steroid dienone is 3. The van der Waals surface area contributed by atoms with Crippen LogP contribution in [0.15, 0.2) is 54.3 Å². The minimum absolute atomic E-state index is 0.630. The SMILES string of the molecule is CO/C=C/C(C)=C/CCC[Se]c1ccccc1. The van der Waals surface area contributed by atoms with Crippen molar-refractivity contribution >= 4 is 19.4 Å². The van der Waals surface area contributed by atoms with Gasteiger partial charge in [-0.05, 0) is 0 Å². The first-order chi connectivity index (χ1) is 8.33. The van der Waals surface area contributed by atoms with Crippen LogP contribution in [0.5, 0.6) is 0 Å². The van der Waals surface area contributed by atoms with Crippen LogP contribution in [-0.4, -0.2) is 22.1 Å². The van der Waals surface area contributed by atoms with Crippen molar-refractivity contribution in [1.29, 1.82) is 0 Å². The Hall–Kier alpha value is -0.981. The third kappa shape index (κ3) is 7.04. The Morgan fingerprint density at radius 3 is 2.76 bits per heavy atom. The molecule has 0 aliphatic rings. The molecule has 0 saturated heterocycles. The molecule has 1 nitrogen and oxygen atoms in total. The van der Waals surface area contributed by atoms with Gasteiger partial charge in [0, 0.05) is 0 Å². The van der Waals surface area contributed by atoms with Gasteiger partial charge < -0.3 is 0 Å². The molecule has 0 saturated carbocycles. The first-order valence-electron chi connectivity index (χ1n) is 5.87. The molecule has 0 atom stereocenters.